The number of nitrogens with one attached hydrogen (secondary N) is 2. The zero-order chi connectivity index (χ0) is 23.7. The van der Waals surface area contributed by atoms with Crippen LogP contribution in [-0.4, -0.2) is 31.5 Å². The van der Waals surface area contributed by atoms with Crippen LogP contribution in [0.2, 0.25) is 0 Å². The summed E-state index contributed by atoms with van der Waals surface area (Å²) < 4.78 is 28.8. The van der Waals surface area contributed by atoms with E-state index in [4.69, 9.17) is 0 Å². The second-order valence-electron chi connectivity index (χ2n) is 8.67. The number of carbonyl (C=O) groups excluding carboxylic acids is 2. The molecule has 3 aliphatic rings. The van der Waals surface area contributed by atoms with Crippen LogP contribution in [0, 0.1) is 5.92 Å². The van der Waals surface area contributed by atoms with Crippen molar-refractivity contribution in [1.82, 2.24) is 10.6 Å². The van der Waals surface area contributed by atoms with Crippen molar-refractivity contribution in [3.63, 3.8) is 0 Å². The minimum Gasteiger partial charge on any atom is -0.435 e. The highest BCUT2D eigenvalue weighted by Crippen LogP contribution is 2.55. The monoisotopic (exact) mass is 462 g/mol. The fraction of sp³-hybridized carbons (Fsp3) is 0.259. The lowest BCUT2D eigenvalue weighted by Crippen LogP contribution is -2.42. The maximum Gasteiger partial charge on any atom is 0.387 e. The van der Waals surface area contributed by atoms with Crippen molar-refractivity contribution in [2.75, 3.05) is 13.1 Å². The van der Waals surface area contributed by atoms with E-state index in [0.717, 1.165) is 6.42 Å². The van der Waals surface area contributed by atoms with E-state index in [1.165, 1.54) is 46.5 Å². The van der Waals surface area contributed by atoms with Crippen molar-refractivity contribution in [3.05, 3.63) is 101 Å². The first-order valence-electron chi connectivity index (χ1n) is 11.3. The molecule has 2 bridgehead atoms. The van der Waals surface area contributed by atoms with Crippen molar-refractivity contribution >= 4 is 11.8 Å². The minimum absolute atomic E-state index is 0.0331. The number of hydrogen-bond donors (Lipinski definition) is 2. The molecule has 0 aliphatic heterocycles. The maximum absolute atomic E-state index is 12.5. The molecule has 3 aromatic carbocycles. The highest BCUT2D eigenvalue weighted by atomic mass is 19.3. The molecule has 3 aliphatic carbocycles. The Morgan fingerprint density at radius 1 is 0.853 bits per heavy atom. The van der Waals surface area contributed by atoms with Crippen LogP contribution in [0.5, 0.6) is 5.75 Å². The smallest absolute Gasteiger partial charge is 0.387 e. The Balaban J connectivity index is 1.18. The lowest BCUT2D eigenvalue weighted by Gasteiger charge is -2.45. The molecular formula is C27H24F2N2O3. The van der Waals surface area contributed by atoms with Gasteiger partial charge < -0.3 is 15.4 Å². The highest BCUT2D eigenvalue weighted by Gasteiger charge is 2.42. The Kier molecular flexibility index (Phi) is 6.01. The average molecular weight is 462 g/mol. The number of fused-ring (bicyclic) bond motifs is 1. The number of halogens is 2. The molecule has 0 saturated carbocycles. The van der Waals surface area contributed by atoms with Crippen LogP contribution in [0.15, 0.2) is 72.8 Å². The molecule has 0 heterocycles. The van der Waals surface area contributed by atoms with Crippen molar-refractivity contribution in [2.45, 2.75) is 24.9 Å². The topological polar surface area (TPSA) is 67.4 Å². The van der Waals surface area contributed by atoms with Crippen LogP contribution in [0.3, 0.4) is 0 Å². The molecule has 174 valence electrons. The fourth-order valence-electron chi connectivity index (χ4n) is 5.32. The predicted molar refractivity (Wildman–Crippen MR) is 123 cm³/mol. The first-order valence-corrected chi connectivity index (χ1v) is 11.3. The highest BCUT2D eigenvalue weighted by molar-refractivity contribution is 5.96. The number of rotatable bonds is 7. The number of alkyl halides is 2. The Hall–Kier alpha value is -3.74. The molecule has 0 radical (unpaired) electrons. The van der Waals surface area contributed by atoms with Gasteiger partial charge in [0.15, 0.2) is 0 Å². The van der Waals surface area contributed by atoms with Crippen LogP contribution in [0.25, 0.3) is 0 Å². The molecule has 5 nitrogen and oxygen atoms in total. The average Bonchev–Trinajstić information content (AvgIpc) is 2.86. The van der Waals surface area contributed by atoms with E-state index in [9.17, 15) is 18.4 Å². The van der Waals surface area contributed by atoms with E-state index in [0.29, 0.717) is 12.5 Å². The molecule has 2 amide bonds. The lowest BCUT2D eigenvalue weighted by molar-refractivity contribution is -0.120. The molecule has 1 atom stereocenters. The summed E-state index contributed by atoms with van der Waals surface area (Å²) in [6.07, 6.45) is 0.971. The third kappa shape index (κ3) is 4.25. The van der Waals surface area contributed by atoms with E-state index < -0.39 is 12.5 Å². The normalized spacial score (nSPS) is 19.8. The lowest BCUT2D eigenvalue weighted by atomic mass is 9.59. The zero-order valence-corrected chi connectivity index (χ0v) is 18.3. The zero-order valence-electron chi connectivity index (χ0n) is 18.3. The van der Waals surface area contributed by atoms with Crippen molar-refractivity contribution in [3.8, 4) is 5.75 Å². The van der Waals surface area contributed by atoms with Gasteiger partial charge in [-0.2, -0.15) is 8.78 Å². The molecule has 0 saturated heterocycles. The van der Waals surface area contributed by atoms with Gasteiger partial charge in [-0.15, -0.1) is 0 Å². The summed E-state index contributed by atoms with van der Waals surface area (Å²) in [5, 5.41) is 5.55. The van der Waals surface area contributed by atoms with Gasteiger partial charge in [-0.1, -0.05) is 48.5 Å². The third-order valence-electron chi connectivity index (χ3n) is 6.74. The summed E-state index contributed by atoms with van der Waals surface area (Å²) in [4.78, 5) is 24.8. The number of benzene rings is 3. The first-order chi connectivity index (χ1) is 16.5. The largest absolute Gasteiger partial charge is 0.435 e. The molecule has 0 spiro atoms. The van der Waals surface area contributed by atoms with Gasteiger partial charge in [-0.25, -0.2) is 0 Å². The van der Waals surface area contributed by atoms with Crippen LogP contribution in [0.4, 0.5) is 8.78 Å². The molecule has 6 rings (SSSR count). The molecule has 34 heavy (non-hydrogen) atoms. The van der Waals surface area contributed by atoms with E-state index >= 15 is 0 Å². The Bertz CT molecular complexity index is 1170. The Morgan fingerprint density at radius 3 is 2.03 bits per heavy atom. The Labute approximate surface area is 196 Å². The van der Waals surface area contributed by atoms with Crippen molar-refractivity contribution in [2.24, 2.45) is 5.92 Å². The fourth-order valence-corrected chi connectivity index (χ4v) is 5.32. The quantitative estimate of drug-likeness (QED) is 0.546. The summed E-state index contributed by atoms with van der Waals surface area (Å²) in [5.41, 5.74) is 5.69. The van der Waals surface area contributed by atoms with Crippen LogP contribution in [0.1, 0.15) is 50.9 Å². The summed E-state index contributed by atoms with van der Waals surface area (Å²) in [5.74, 6) is 0.0793. The van der Waals surface area contributed by atoms with Gasteiger partial charge >= 0.3 is 6.61 Å². The SMILES string of the molecule is O=C(CNC(=O)c1ccc(OC(F)F)cc1)NCC1CC2c3ccccc3C1c1ccccc12. The van der Waals surface area contributed by atoms with Gasteiger partial charge in [0.2, 0.25) is 5.91 Å². The third-order valence-corrected chi connectivity index (χ3v) is 6.74. The predicted octanol–water partition coefficient (Wildman–Crippen LogP) is 4.43. The van der Waals surface area contributed by atoms with Gasteiger partial charge in [0.25, 0.3) is 5.91 Å². The molecule has 7 heteroatoms. The number of hydrogen-bond acceptors (Lipinski definition) is 3. The van der Waals surface area contributed by atoms with Gasteiger partial charge in [-0.05, 0) is 58.9 Å². The number of carbonyl (C=O) groups is 2. The second kappa shape index (κ2) is 9.25. The van der Waals surface area contributed by atoms with Crippen molar-refractivity contribution in [1.29, 1.82) is 0 Å². The minimum atomic E-state index is -2.93. The molecule has 3 aromatic rings. The van der Waals surface area contributed by atoms with Gasteiger partial charge in [0, 0.05) is 23.9 Å². The second-order valence-corrected chi connectivity index (χ2v) is 8.67. The van der Waals surface area contributed by atoms with Crippen molar-refractivity contribution < 1.29 is 23.1 Å². The van der Waals surface area contributed by atoms with E-state index in [2.05, 4.69) is 63.9 Å². The molecule has 1 unspecified atom stereocenters. The molecular weight excluding hydrogens is 438 g/mol. The standard InChI is InChI=1S/C27H24F2N2O3/c28-27(29)34-18-11-9-16(10-12-18)26(33)31-15-24(32)30-14-17-13-23-19-5-1-3-7-21(19)25(17)22-8-4-2-6-20(22)23/h1-12,17,23,25,27H,13-15H2,(H,30,32)(H,31,33). The van der Waals surface area contributed by atoms with E-state index in [-0.39, 0.29) is 35.6 Å². The molecule has 0 aromatic heterocycles. The molecule has 2 N–H and O–H groups in total. The number of amides is 2. The van der Waals surface area contributed by atoms with Gasteiger partial charge in [0.05, 0.1) is 6.54 Å². The van der Waals surface area contributed by atoms with E-state index in [1.807, 2.05) is 0 Å². The maximum atomic E-state index is 12.5. The van der Waals surface area contributed by atoms with Gasteiger partial charge in [-0.3, -0.25) is 9.59 Å². The number of ether oxygens (including phenoxy) is 1. The summed E-state index contributed by atoms with van der Waals surface area (Å²) in [7, 11) is 0. The summed E-state index contributed by atoms with van der Waals surface area (Å²) in [6.45, 7) is -2.56. The first kappa shape index (κ1) is 22.1. The Morgan fingerprint density at radius 2 is 1.44 bits per heavy atom. The van der Waals surface area contributed by atoms with Crippen LogP contribution >= 0.6 is 0 Å². The van der Waals surface area contributed by atoms with Gasteiger partial charge in [0.1, 0.15) is 5.75 Å². The van der Waals surface area contributed by atoms with E-state index in [1.54, 1.807) is 0 Å². The van der Waals surface area contributed by atoms with Crippen LogP contribution in [-0.2, 0) is 4.79 Å². The summed E-state index contributed by atoms with van der Waals surface area (Å²) >= 11 is 0. The van der Waals surface area contributed by atoms with Crippen LogP contribution < -0.4 is 15.4 Å². The summed E-state index contributed by atoms with van der Waals surface area (Å²) in [6, 6.07) is 22.4. The molecule has 0 fully saturated rings.